The topological polar surface area (TPSA) is 9.23 Å². The zero-order chi connectivity index (χ0) is 14.7. The SMILES string of the molecule is CC(C)c1cc(Br)ccc1Oc1ccc(CBr)c(Cl)c1. The number of alkyl halides is 1. The summed E-state index contributed by atoms with van der Waals surface area (Å²) in [7, 11) is 0. The molecule has 106 valence electrons. The van der Waals surface area contributed by atoms with Crippen LogP contribution in [0.2, 0.25) is 5.02 Å². The first-order valence-corrected chi connectivity index (χ1v) is 8.62. The van der Waals surface area contributed by atoms with Crippen molar-refractivity contribution in [2.24, 2.45) is 0 Å². The predicted octanol–water partition coefficient (Wildman–Crippen LogP) is 6.91. The molecule has 0 aliphatic heterocycles. The summed E-state index contributed by atoms with van der Waals surface area (Å²) >= 11 is 13.1. The van der Waals surface area contributed by atoms with E-state index in [1.165, 1.54) is 5.56 Å². The van der Waals surface area contributed by atoms with Gasteiger partial charge in [0.2, 0.25) is 0 Å². The van der Waals surface area contributed by atoms with Gasteiger partial charge in [-0.25, -0.2) is 0 Å². The smallest absolute Gasteiger partial charge is 0.130 e. The molecule has 2 rings (SSSR count). The van der Waals surface area contributed by atoms with Gasteiger partial charge in [0.05, 0.1) is 0 Å². The molecular formula is C16H15Br2ClO. The van der Waals surface area contributed by atoms with Crippen molar-refractivity contribution in [2.75, 3.05) is 0 Å². The van der Waals surface area contributed by atoms with Crippen molar-refractivity contribution in [1.82, 2.24) is 0 Å². The van der Waals surface area contributed by atoms with Crippen molar-refractivity contribution >= 4 is 43.5 Å². The molecular weight excluding hydrogens is 403 g/mol. The van der Waals surface area contributed by atoms with E-state index in [0.29, 0.717) is 10.9 Å². The number of hydrogen-bond acceptors (Lipinski definition) is 1. The largest absolute Gasteiger partial charge is 0.457 e. The van der Waals surface area contributed by atoms with Gasteiger partial charge >= 0.3 is 0 Å². The molecule has 0 saturated carbocycles. The molecule has 4 heteroatoms. The Bertz CT molecular complexity index is 611. The minimum Gasteiger partial charge on any atom is -0.457 e. The average Bonchev–Trinajstić information content (AvgIpc) is 2.41. The summed E-state index contributed by atoms with van der Waals surface area (Å²) in [5.41, 5.74) is 2.22. The van der Waals surface area contributed by atoms with E-state index in [1.54, 1.807) is 0 Å². The molecule has 0 N–H and O–H groups in total. The van der Waals surface area contributed by atoms with Gasteiger partial charge in [-0.15, -0.1) is 0 Å². The highest BCUT2D eigenvalue weighted by atomic mass is 79.9. The summed E-state index contributed by atoms with van der Waals surface area (Å²) < 4.78 is 7.04. The number of benzene rings is 2. The quantitative estimate of drug-likeness (QED) is 0.490. The molecule has 0 bridgehead atoms. The third-order valence-electron chi connectivity index (χ3n) is 2.99. The Kier molecular flexibility index (Phi) is 5.53. The summed E-state index contributed by atoms with van der Waals surface area (Å²) in [5, 5.41) is 1.45. The lowest BCUT2D eigenvalue weighted by atomic mass is 10.0. The number of hydrogen-bond donors (Lipinski definition) is 0. The molecule has 0 fully saturated rings. The average molecular weight is 419 g/mol. The van der Waals surface area contributed by atoms with Crippen molar-refractivity contribution in [3.8, 4) is 11.5 Å². The van der Waals surface area contributed by atoms with Gasteiger partial charge in [0, 0.05) is 14.8 Å². The third-order valence-corrected chi connectivity index (χ3v) is 4.44. The van der Waals surface area contributed by atoms with Crippen LogP contribution < -0.4 is 4.74 Å². The van der Waals surface area contributed by atoms with Gasteiger partial charge in [-0.2, -0.15) is 0 Å². The molecule has 0 aliphatic carbocycles. The fourth-order valence-corrected chi connectivity index (χ4v) is 3.16. The van der Waals surface area contributed by atoms with E-state index < -0.39 is 0 Å². The van der Waals surface area contributed by atoms with Gasteiger partial charge in [-0.05, 0) is 47.4 Å². The maximum absolute atomic E-state index is 6.21. The highest BCUT2D eigenvalue weighted by molar-refractivity contribution is 9.10. The van der Waals surface area contributed by atoms with Crippen LogP contribution in [-0.2, 0) is 5.33 Å². The van der Waals surface area contributed by atoms with Crippen LogP contribution in [0.15, 0.2) is 40.9 Å². The van der Waals surface area contributed by atoms with Crippen LogP contribution in [0.25, 0.3) is 0 Å². The van der Waals surface area contributed by atoms with Gasteiger partial charge in [-0.1, -0.05) is 63.4 Å². The third kappa shape index (κ3) is 3.78. The van der Waals surface area contributed by atoms with E-state index in [-0.39, 0.29) is 0 Å². The summed E-state index contributed by atoms with van der Waals surface area (Å²) in [6.07, 6.45) is 0. The Morgan fingerprint density at radius 3 is 2.50 bits per heavy atom. The maximum Gasteiger partial charge on any atom is 0.130 e. The van der Waals surface area contributed by atoms with E-state index in [1.807, 2.05) is 30.3 Å². The van der Waals surface area contributed by atoms with Gasteiger partial charge in [0.1, 0.15) is 11.5 Å². The summed E-state index contributed by atoms with van der Waals surface area (Å²) in [6.45, 7) is 4.30. The fourth-order valence-electron chi connectivity index (χ4n) is 1.89. The molecule has 2 aromatic carbocycles. The molecule has 0 heterocycles. The molecule has 0 unspecified atom stereocenters. The van der Waals surface area contributed by atoms with Gasteiger partial charge in [0.15, 0.2) is 0 Å². The highest BCUT2D eigenvalue weighted by Gasteiger charge is 2.10. The first-order chi connectivity index (χ1) is 9.51. The van der Waals surface area contributed by atoms with Crippen molar-refractivity contribution in [1.29, 1.82) is 0 Å². The minimum atomic E-state index is 0.389. The molecule has 0 spiro atoms. The van der Waals surface area contributed by atoms with Crippen molar-refractivity contribution in [2.45, 2.75) is 25.1 Å². The molecule has 0 radical (unpaired) electrons. The molecule has 0 saturated heterocycles. The summed E-state index contributed by atoms with van der Waals surface area (Å²) in [4.78, 5) is 0. The highest BCUT2D eigenvalue weighted by Crippen LogP contribution is 2.34. The van der Waals surface area contributed by atoms with Crippen LogP contribution in [0.1, 0.15) is 30.9 Å². The van der Waals surface area contributed by atoms with Crippen LogP contribution in [0.5, 0.6) is 11.5 Å². The monoisotopic (exact) mass is 416 g/mol. The minimum absolute atomic E-state index is 0.389. The van der Waals surface area contributed by atoms with Gasteiger partial charge < -0.3 is 4.74 Å². The lowest BCUT2D eigenvalue weighted by molar-refractivity contribution is 0.473. The lowest BCUT2D eigenvalue weighted by Gasteiger charge is -2.15. The van der Waals surface area contributed by atoms with Crippen LogP contribution >= 0.6 is 43.5 Å². The Morgan fingerprint density at radius 2 is 1.90 bits per heavy atom. The van der Waals surface area contributed by atoms with Crippen molar-refractivity contribution in [3.05, 3.63) is 57.0 Å². The molecule has 20 heavy (non-hydrogen) atoms. The van der Waals surface area contributed by atoms with E-state index >= 15 is 0 Å². The van der Waals surface area contributed by atoms with Crippen molar-refractivity contribution < 1.29 is 4.74 Å². The zero-order valence-corrected chi connectivity index (χ0v) is 15.2. The van der Waals surface area contributed by atoms with Crippen LogP contribution in [-0.4, -0.2) is 0 Å². The van der Waals surface area contributed by atoms with E-state index in [2.05, 4.69) is 51.8 Å². The molecule has 2 aromatic rings. The fraction of sp³-hybridized carbons (Fsp3) is 0.250. The second-order valence-electron chi connectivity index (χ2n) is 4.83. The Hall–Kier alpha value is -0.510. The number of rotatable bonds is 4. The summed E-state index contributed by atoms with van der Waals surface area (Å²) in [5.74, 6) is 2.01. The van der Waals surface area contributed by atoms with E-state index in [0.717, 1.165) is 26.9 Å². The van der Waals surface area contributed by atoms with Gasteiger partial charge in [0.25, 0.3) is 0 Å². The molecule has 1 nitrogen and oxygen atoms in total. The second-order valence-corrected chi connectivity index (χ2v) is 6.71. The molecule has 0 amide bonds. The van der Waals surface area contributed by atoms with Crippen LogP contribution in [0.3, 0.4) is 0 Å². The molecule has 0 aromatic heterocycles. The first kappa shape index (κ1) is 15.9. The van der Waals surface area contributed by atoms with Crippen molar-refractivity contribution in [3.63, 3.8) is 0 Å². The molecule has 0 aliphatic rings. The van der Waals surface area contributed by atoms with Crippen LogP contribution in [0, 0.1) is 0 Å². The second kappa shape index (κ2) is 6.97. The Labute approximate surface area is 141 Å². The Morgan fingerprint density at radius 1 is 1.15 bits per heavy atom. The van der Waals surface area contributed by atoms with E-state index in [4.69, 9.17) is 16.3 Å². The lowest BCUT2D eigenvalue weighted by Crippen LogP contribution is -1.94. The first-order valence-electron chi connectivity index (χ1n) is 6.33. The number of halogens is 3. The predicted molar refractivity (Wildman–Crippen MR) is 92.4 cm³/mol. The van der Waals surface area contributed by atoms with Crippen LogP contribution in [0.4, 0.5) is 0 Å². The Balaban J connectivity index is 2.32. The normalized spacial score (nSPS) is 10.9. The molecule has 0 atom stereocenters. The maximum atomic E-state index is 6.21. The van der Waals surface area contributed by atoms with E-state index in [9.17, 15) is 0 Å². The standard InChI is InChI=1S/C16H15Br2ClO/c1-10(2)14-7-12(18)4-6-16(14)20-13-5-3-11(9-17)15(19)8-13/h3-8,10H,9H2,1-2H3. The zero-order valence-electron chi connectivity index (χ0n) is 11.3. The summed E-state index contributed by atoms with van der Waals surface area (Å²) in [6, 6.07) is 11.8. The number of ether oxygens (including phenoxy) is 1. The van der Waals surface area contributed by atoms with Gasteiger partial charge in [-0.3, -0.25) is 0 Å².